The average molecular weight is 275 g/mol. The second kappa shape index (κ2) is 6.29. The summed E-state index contributed by atoms with van der Waals surface area (Å²) in [5.74, 6) is -0.254. The van der Waals surface area contributed by atoms with E-state index in [1.165, 1.54) is 0 Å². The molecule has 106 valence electrons. The molecular formula is C14H17N3O3. The van der Waals surface area contributed by atoms with Gasteiger partial charge in [0.1, 0.15) is 0 Å². The summed E-state index contributed by atoms with van der Waals surface area (Å²) in [6.07, 6.45) is 1.72. The molecule has 0 radical (unpaired) electrons. The molecule has 0 aromatic heterocycles. The zero-order valence-corrected chi connectivity index (χ0v) is 11.1. The molecule has 1 fully saturated rings. The molecule has 6 heteroatoms. The highest BCUT2D eigenvalue weighted by molar-refractivity contribution is 5.98. The van der Waals surface area contributed by atoms with Crippen LogP contribution in [0.15, 0.2) is 18.2 Å². The zero-order chi connectivity index (χ0) is 14.5. The normalized spacial score (nSPS) is 16.8. The molecule has 0 aliphatic carbocycles. The van der Waals surface area contributed by atoms with E-state index >= 15 is 0 Å². The molecule has 2 aliphatic heterocycles. The van der Waals surface area contributed by atoms with Crippen LogP contribution < -0.4 is 16.4 Å². The first-order valence-electron chi connectivity index (χ1n) is 6.53. The summed E-state index contributed by atoms with van der Waals surface area (Å²) in [6.45, 7) is 1.17. The van der Waals surface area contributed by atoms with Gasteiger partial charge in [-0.05, 0) is 23.6 Å². The molecule has 1 saturated heterocycles. The lowest BCUT2D eigenvalue weighted by molar-refractivity contribution is -0.132. The molecule has 3 amide bonds. The summed E-state index contributed by atoms with van der Waals surface area (Å²) in [4.78, 5) is 31.8. The first-order chi connectivity index (χ1) is 9.60. The summed E-state index contributed by atoms with van der Waals surface area (Å²) in [5, 5.41) is 4.96. The van der Waals surface area contributed by atoms with Crippen LogP contribution in [-0.2, 0) is 22.7 Å². The molecule has 6 nitrogen and oxygen atoms in total. The van der Waals surface area contributed by atoms with Crippen molar-refractivity contribution < 1.29 is 14.4 Å². The van der Waals surface area contributed by atoms with Gasteiger partial charge in [-0.3, -0.25) is 19.7 Å². The number of hydrogen-bond acceptors (Lipinski definition) is 4. The predicted molar refractivity (Wildman–Crippen MR) is 72.5 cm³/mol. The Morgan fingerprint density at radius 2 is 1.80 bits per heavy atom. The van der Waals surface area contributed by atoms with Crippen LogP contribution in [0.25, 0.3) is 0 Å². The van der Waals surface area contributed by atoms with Crippen molar-refractivity contribution in [3.05, 3.63) is 34.9 Å². The van der Waals surface area contributed by atoms with Crippen LogP contribution in [0.5, 0.6) is 0 Å². The van der Waals surface area contributed by atoms with Gasteiger partial charge in [0.2, 0.25) is 11.8 Å². The minimum absolute atomic E-state index is 0.0218. The molecule has 2 heterocycles. The molecule has 1 aromatic carbocycles. The fourth-order valence-electron chi connectivity index (χ4n) is 2.10. The van der Waals surface area contributed by atoms with Gasteiger partial charge in [-0.25, -0.2) is 0 Å². The van der Waals surface area contributed by atoms with E-state index in [-0.39, 0.29) is 17.7 Å². The van der Waals surface area contributed by atoms with Crippen LogP contribution in [0.2, 0.25) is 0 Å². The maximum atomic E-state index is 11.1. The van der Waals surface area contributed by atoms with Crippen LogP contribution in [0.3, 0.4) is 0 Å². The zero-order valence-electron chi connectivity index (χ0n) is 11.1. The average Bonchev–Trinajstić information content (AvgIpc) is 2.80. The van der Waals surface area contributed by atoms with E-state index in [1.54, 1.807) is 0 Å². The van der Waals surface area contributed by atoms with Gasteiger partial charge in [0.25, 0.3) is 5.91 Å². The third-order valence-electron chi connectivity index (χ3n) is 3.18. The Morgan fingerprint density at radius 1 is 1.10 bits per heavy atom. The molecule has 2 aliphatic rings. The molecular weight excluding hydrogens is 258 g/mol. The van der Waals surface area contributed by atoms with Crippen molar-refractivity contribution in [1.82, 2.24) is 10.6 Å². The minimum Gasteiger partial charge on any atom is -0.348 e. The van der Waals surface area contributed by atoms with Crippen LogP contribution in [0.1, 0.15) is 40.7 Å². The minimum atomic E-state index is -0.138. The van der Waals surface area contributed by atoms with Crippen molar-refractivity contribution in [2.24, 2.45) is 5.73 Å². The van der Waals surface area contributed by atoms with Gasteiger partial charge in [0.05, 0.1) is 0 Å². The fourth-order valence-corrected chi connectivity index (χ4v) is 2.10. The number of carbonyl (C=O) groups excluding carboxylic acids is 3. The van der Waals surface area contributed by atoms with Crippen molar-refractivity contribution >= 4 is 17.7 Å². The van der Waals surface area contributed by atoms with Crippen LogP contribution in [-0.4, -0.2) is 17.7 Å². The summed E-state index contributed by atoms with van der Waals surface area (Å²) >= 11 is 0. The largest absolute Gasteiger partial charge is 0.348 e. The monoisotopic (exact) mass is 275 g/mol. The lowest BCUT2D eigenvalue weighted by atomic mass is 10.1. The van der Waals surface area contributed by atoms with Crippen molar-refractivity contribution in [3.8, 4) is 0 Å². The van der Waals surface area contributed by atoms with Crippen molar-refractivity contribution in [1.29, 1.82) is 0 Å². The van der Waals surface area contributed by atoms with Gasteiger partial charge in [0, 0.05) is 31.5 Å². The van der Waals surface area contributed by atoms with Gasteiger partial charge >= 0.3 is 0 Å². The number of hydrogen-bond donors (Lipinski definition) is 3. The molecule has 3 rings (SSSR count). The molecule has 1 aromatic rings. The third kappa shape index (κ3) is 3.42. The Morgan fingerprint density at radius 3 is 2.35 bits per heavy atom. The fraction of sp³-hybridized carbons (Fsp3) is 0.357. The van der Waals surface area contributed by atoms with E-state index < -0.39 is 0 Å². The van der Waals surface area contributed by atoms with Crippen molar-refractivity contribution in [2.75, 3.05) is 0 Å². The number of nitrogens with two attached hydrogens (primary N) is 1. The number of nitrogens with one attached hydrogen (secondary N) is 2. The highest BCUT2D eigenvalue weighted by atomic mass is 16.2. The topological polar surface area (TPSA) is 101 Å². The SMILES string of the molecule is NCc1ccc2c(c1)CNC2=O.O=C1CCCC(=O)N1. The molecule has 0 saturated carbocycles. The van der Waals surface area contributed by atoms with Gasteiger partial charge < -0.3 is 11.1 Å². The number of piperidine rings is 1. The molecule has 0 unspecified atom stereocenters. The van der Waals surface area contributed by atoms with Crippen molar-refractivity contribution in [3.63, 3.8) is 0 Å². The maximum Gasteiger partial charge on any atom is 0.251 e. The second-order valence-corrected chi connectivity index (χ2v) is 4.70. The van der Waals surface area contributed by atoms with Gasteiger partial charge in [0.15, 0.2) is 0 Å². The number of carbonyl (C=O) groups is 3. The lowest BCUT2D eigenvalue weighted by Crippen LogP contribution is -2.33. The number of benzene rings is 1. The molecule has 0 bridgehead atoms. The number of rotatable bonds is 1. The first kappa shape index (κ1) is 14.2. The van der Waals surface area contributed by atoms with E-state index in [1.807, 2.05) is 18.2 Å². The van der Waals surface area contributed by atoms with E-state index in [2.05, 4.69) is 10.6 Å². The summed E-state index contributed by atoms with van der Waals surface area (Å²) in [7, 11) is 0. The molecule has 0 spiro atoms. The summed E-state index contributed by atoms with van der Waals surface area (Å²) in [6, 6.07) is 5.71. The van der Waals surface area contributed by atoms with Crippen LogP contribution in [0, 0.1) is 0 Å². The van der Waals surface area contributed by atoms with E-state index in [0.717, 1.165) is 16.7 Å². The molecule has 20 heavy (non-hydrogen) atoms. The number of fused-ring (bicyclic) bond motifs is 1. The Bertz CT molecular complexity index is 541. The highest BCUT2D eigenvalue weighted by Crippen LogP contribution is 2.16. The highest BCUT2D eigenvalue weighted by Gasteiger charge is 2.17. The first-order valence-corrected chi connectivity index (χ1v) is 6.53. The Balaban J connectivity index is 0.000000160. The van der Waals surface area contributed by atoms with E-state index in [4.69, 9.17) is 5.73 Å². The third-order valence-corrected chi connectivity index (χ3v) is 3.18. The maximum absolute atomic E-state index is 11.1. The quantitative estimate of drug-likeness (QED) is 0.637. The summed E-state index contributed by atoms with van der Waals surface area (Å²) < 4.78 is 0. The Hall–Kier alpha value is -2.21. The molecule has 4 N–H and O–H groups in total. The van der Waals surface area contributed by atoms with Gasteiger partial charge in [-0.1, -0.05) is 12.1 Å². The van der Waals surface area contributed by atoms with Crippen molar-refractivity contribution in [2.45, 2.75) is 32.4 Å². The van der Waals surface area contributed by atoms with E-state index in [9.17, 15) is 14.4 Å². The standard InChI is InChI=1S/C9H10N2O.C5H7NO2/c10-4-6-1-2-8-7(3-6)5-11-9(8)12;7-4-2-1-3-5(8)6-4/h1-3H,4-5,10H2,(H,11,12);1-3H2,(H,6,7,8). The van der Waals surface area contributed by atoms with Crippen LogP contribution >= 0.6 is 0 Å². The second-order valence-electron chi connectivity index (χ2n) is 4.70. The van der Waals surface area contributed by atoms with Gasteiger partial charge in [-0.15, -0.1) is 0 Å². The van der Waals surface area contributed by atoms with E-state index in [0.29, 0.717) is 32.4 Å². The smallest absolute Gasteiger partial charge is 0.251 e. The number of imide groups is 1. The predicted octanol–water partition coefficient (Wildman–Crippen LogP) is 0.202. The van der Waals surface area contributed by atoms with Gasteiger partial charge in [-0.2, -0.15) is 0 Å². The Labute approximate surface area is 116 Å². The molecule has 0 atom stereocenters. The lowest BCUT2D eigenvalue weighted by Gasteiger charge is -2.07. The Kier molecular flexibility index (Phi) is 4.47. The summed E-state index contributed by atoms with van der Waals surface area (Å²) in [5.41, 5.74) is 8.39. The number of amides is 3. The van der Waals surface area contributed by atoms with Crippen LogP contribution in [0.4, 0.5) is 0 Å².